The van der Waals surface area contributed by atoms with Crippen molar-refractivity contribution in [3.63, 3.8) is 0 Å². The van der Waals surface area contributed by atoms with Gasteiger partial charge < -0.3 is 5.32 Å². The molecule has 0 spiro atoms. The Balaban J connectivity index is 2.52. The molecule has 0 unspecified atom stereocenters. The molecular formula is C11H12FN. The molecule has 0 amide bonds. The molecule has 0 atom stereocenters. The van der Waals surface area contributed by atoms with E-state index in [-0.39, 0.29) is 5.82 Å². The number of hydrogen-bond acceptors (Lipinski definition) is 1. The van der Waals surface area contributed by atoms with Crippen molar-refractivity contribution in [1.82, 2.24) is 5.32 Å². The van der Waals surface area contributed by atoms with Crippen LogP contribution in [0.25, 0.3) is 5.70 Å². The minimum Gasteiger partial charge on any atom is -0.384 e. The average Bonchev–Trinajstić information content (AvgIpc) is 2.16. The van der Waals surface area contributed by atoms with Crippen molar-refractivity contribution in [1.29, 1.82) is 0 Å². The van der Waals surface area contributed by atoms with E-state index >= 15 is 0 Å². The van der Waals surface area contributed by atoms with Gasteiger partial charge in [0.2, 0.25) is 0 Å². The Bertz CT molecular complexity index is 355. The van der Waals surface area contributed by atoms with Crippen LogP contribution in [0.2, 0.25) is 0 Å². The van der Waals surface area contributed by atoms with Gasteiger partial charge >= 0.3 is 0 Å². The molecule has 1 aromatic carbocycles. The van der Waals surface area contributed by atoms with Crippen LogP contribution in [-0.4, -0.2) is 6.54 Å². The zero-order valence-electron chi connectivity index (χ0n) is 7.60. The van der Waals surface area contributed by atoms with E-state index in [4.69, 9.17) is 0 Å². The third kappa shape index (κ3) is 1.44. The van der Waals surface area contributed by atoms with Gasteiger partial charge in [-0.25, -0.2) is 4.39 Å². The normalized spacial score (nSPS) is 18.2. The van der Waals surface area contributed by atoms with Gasteiger partial charge in [0.1, 0.15) is 5.82 Å². The molecule has 0 fully saturated rings. The minimum atomic E-state index is -0.142. The second-order valence-electron chi connectivity index (χ2n) is 3.18. The van der Waals surface area contributed by atoms with Crippen molar-refractivity contribution in [2.45, 2.75) is 13.3 Å². The number of benzene rings is 1. The molecular weight excluding hydrogens is 165 g/mol. The molecule has 1 aliphatic rings. The highest BCUT2D eigenvalue weighted by atomic mass is 19.1. The van der Waals surface area contributed by atoms with Crippen LogP contribution < -0.4 is 5.32 Å². The molecule has 1 heterocycles. The Hall–Kier alpha value is -1.31. The smallest absolute Gasteiger partial charge is 0.123 e. The maximum atomic E-state index is 12.9. The molecule has 13 heavy (non-hydrogen) atoms. The standard InChI is InChI=1S/C11H12FN/c1-2-11-10-4-3-9(12)7-8(10)5-6-13-11/h2-4,7,13H,5-6H2,1H3/b11-2+. The van der Waals surface area contributed by atoms with E-state index in [0.717, 1.165) is 29.8 Å². The summed E-state index contributed by atoms with van der Waals surface area (Å²) in [6.45, 7) is 2.89. The van der Waals surface area contributed by atoms with Crippen LogP contribution >= 0.6 is 0 Å². The lowest BCUT2D eigenvalue weighted by molar-refractivity contribution is 0.623. The highest BCUT2D eigenvalue weighted by molar-refractivity contribution is 5.68. The third-order valence-corrected chi connectivity index (χ3v) is 2.36. The quantitative estimate of drug-likeness (QED) is 0.641. The van der Waals surface area contributed by atoms with Crippen LogP contribution in [0.5, 0.6) is 0 Å². The average molecular weight is 177 g/mol. The van der Waals surface area contributed by atoms with Crippen LogP contribution in [0.1, 0.15) is 18.1 Å². The zero-order chi connectivity index (χ0) is 9.26. The highest BCUT2D eigenvalue weighted by Crippen LogP contribution is 2.22. The summed E-state index contributed by atoms with van der Waals surface area (Å²) in [7, 11) is 0. The predicted molar refractivity (Wildman–Crippen MR) is 51.8 cm³/mol. The number of nitrogens with one attached hydrogen (secondary N) is 1. The molecule has 0 aromatic heterocycles. The van der Waals surface area contributed by atoms with Crippen molar-refractivity contribution in [2.24, 2.45) is 0 Å². The van der Waals surface area contributed by atoms with Crippen LogP contribution in [-0.2, 0) is 6.42 Å². The first-order valence-corrected chi connectivity index (χ1v) is 4.50. The van der Waals surface area contributed by atoms with Crippen LogP contribution in [0.3, 0.4) is 0 Å². The molecule has 0 radical (unpaired) electrons. The molecule has 1 aromatic rings. The van der Waals surface area contributed by atoms with Gasteiger partial charge in [0.25, 0.3) is 0 Å². The Morgan fingerprint density at radius 1 is 1.46 bits per heavy atom. The Labute approximate surface area is 77.3 Å². The molecule has 0 saturated heterocycles. The summed E-state index contributed by atoms with van der Waals surface area (Å²) in [5, 5.41) is 3.28. The lowest BCUT2D eigenvalue weighted by Gasteiger charge is -2.20. The van der Waals surface area contributed by atoms with E-state index in [1.807, 2.05) is 19.1 Å². The predicted octanol–water partition coefficient (Wildman–Crippen LogP) is 2.33. The SMILES string of the molecule is C/C=C1/NCCc2cc(F)ccc21. The van der Waals surface area contributed by atoms with Crippen LogP contribution in [0.4, 0.5) is 4.39 Å². The lowest BCUT2D eigenvalue weighted by atomic mass is 9.98. The van der Waals surface area contributed by atoms with E-state index in [0.29, 0.717) is 0 Å². The monoisotopic (exact) mass is 177 g/mol. The number of rotatable bonds is 0. The summed E-state index contributed by atoms with van der Waals surface area (Å²) >= 11 is 0. The topological polar surface area (TPSA) is 12.0 Å². The number of halogens is 1. The highest BCUT2D eigenvalue weighted by Gasteiger charge is 2.12. The lowest BCUT2D eigenvalue weighted by Crippen LogP contribution is -2.22. The van der Waals surface area contributed by atoms with Crippen LogP contribution in [0.15, 0.2) is 24.3 Å². The molecule has 1 N–H and O–H groups in total. The molecule has 0 bridgehead atoms. The molecule has 1 nitrogen and oxygen atoms in total. The molecule has 2 rings (SSSR count). The Kier molecular flexibility index (Phi) is 2.05. The summed E-state index contributed by atoms with van der Waals surface area (Å²) in [5.41, 5.74) is 3.35. The van der Waals surface area contributed by atoms with Crippen LogP contribution in [0, 0.1) is 5.82 Å². The van der Waals surface area contributed by atoms with E-state index in [2.05, 4.69) is 5.32 Å². The third-order valence-electron chi connectivity index (χ3n) is 2.36. The van der Waals surface area contributed by atoms with E-state index in [1.165, 1.54) is 6.07 Å². The minimum absolute atomic E-state index is 0.142. The zero-order valence-corrected chi connectivity index (χ0v) is 7.60. The first-order valence-electron chi connectivity index (χ1n) is 4.50. The van der Waals surface area contributed by atoms with Gasteiger partial charge in [-0.1, -0.05) is 6.08 Å². The molecule has 0 saturated carbocycles. The maximum absolute atomic E-state index is 12.9. The van der Waals surface area contributed by atoms with Crippen molar-refractivity contribution < 1.29 is 4.39 Å². The summed E-state index contributed by atoms with van der Waals surface area (Å²) < 4.78 is 12.9. The van der Waals surface area contributed by atoms with E-state index in [1.54, 1.807) is 6.07 Å². The first kappa shape index (κ1) is 8.30. The largest absolute Gasteiger partial charge is 0.384 e. The Morgan fingerprint density at radius 3 is 3.08 bits per heavy atom. The molecule has 0 aliphatic carbocycles. The van der Waals surface area contributed by atoms with Crippen molar-refractivity contribution in [2.75, 3.05) is 6.54 Å². The van der Waals surface area contributed by atoms with Gasteiger partial charge in [-0.2, -0.15) is 0 Å². The van der Waals surface area contributed by atoms with Gasteiger partial charge in [-0.05, 0) is 37.1 Å². The molecule has 1 aliphatic heterocycles. The Morgan fingerprint density at radius 2 is 2.31 bits per heavy atom. The fourth-order valence-electron chi connectivity index (χ4n) is 1.72. The summed E-state index contributed by atoms with van der Waals surface area (Å²) in [5.74, 6) is -0.142. The van der Waals surface area contributed by atoms with Gasteiger partial charge in [0.15, 0.2) is 0 Å². The number of fused-ring (bicyclic) bond motifs is 1. The van der Waals surface area contributed by atoms with Gasteiger partial charge in [-0.3, -0.25) is 0 Å². The second-order valence-corrected chi connectivity index (χ2v) is 3.18. The summed E-state index contributed by atoms with van der Waals surface area (Å²) in [4.78, 5) is 0. The van der Waals surface area contributed by atoms with Gasteiger partial charge in [0, 0.05) is 17.8 Å². The molecule has 2 heteroatoms. The number of allylic oxidation sites excluding steroid dienone is 1. The molecule has 68 valence electrons. The first-order chi connectivity index (χ1) is 6.31. The summed E-state index contributed by atoms with van der Waals surface area (Å²) in [6, 6.07) is 4.97. The maximum Gasteiger partial charge on any atom is 0.123 e. The van der Waals surface area contributed by atoms with E-state index < -0.39 is 0 Å². The van der Waals surface area contributed by atoms with Crippen molar-refractivity contribution in [3.05, 3.63) is 41.2 Å². The van der Waals surface area contributed by atoms with Gasteiger partial charge in [-0.15, -0.1) is 0 Å². The number of hydrogen-bond donors (Lipinski definition) is 1. The fraction of sp³-hybridized carbons (Fsp3) is 0.273. The van der Waals surface area contributed by atoms with E-state index in [9.17, 15) is 4.39 Å². The second kappa shape index (κ2) is 3.21. The fourth-order valence-corrected chi connectivity index (χ4v) is 1.72. The van der Waals surface area contributed by atoms with Crippen molar-refractivity contribution in [3.8, 4) is 0 Å². The summed E-state index contributed by atoms with van der Waals surface area (Å²) in [6.07, 6.45) is 2.93. The van der Waals surface area contributed by atoms with Gasteiger partial charge in [0.05, 0.1) is 0 Å². The van der Waals surface area contributed by atoms with Crippen molar-refractivity contribution >= 4 is 5.70 Å².